The first-order valence-electron chi connectivity index (χ1n) is 4.84. The van der Waals surface area contributed by atoms with Gasteiger partial charge in [0.25, 0.3) is 0 Å². The summed E-state index contributed by atoms with van der Waals surface area (Å²) in [7, 11) is 0. The summed E-state index contributed by atoms with van der Waals surface area (Å²) in [5.41, 5.74) is 2.40. The van der Waals surface area contributed by atoms with Crippen molar-refractivity contribution in [3.63, 3.8) is 0 Å². The van der Waals surface area contributed by atoms with Crippen LogP contribution in [0.15, 0.2) is 36.7 Å². The van der Waals surface area contributed by atoms with Crippen LogP contribution in [0.4, 0.5) is 11.5 Å². The topological polar surface area (TPSA) is 61.6 Å². The number of nitrogens with zero attached hydrogens (tertiary/aromatic N) is 3. The Kier molecular flexibility index (Phi) is 2.79. The van der Waals surface area contributed by atoms with Crippen molar-refractivity contribution in [2.24, 2.45) is 0 Å². The minimum absolute atomic E-state index is 0.549. The van der Waals surface area contributed by atoms with E-state index in [9.17, 15) is 0 Å². The Bertz CT molecular complexity index is 508. The number of anilines is 2. The summed E-state index contributed by atoms with van der Waals surface area (Å²) in [5.74, 6) is 0.699. The number of rotatable bonds is 2. The molecule has 78 valence electrons. The van der Waals surface area contributed by atoms with Gasteiger partial charge in [0.2, 0.25) is 0 Å². The Balaban J connectivity index is 2.15. The quantitative estimate of drug-likeness (QED) is 0.826. The van der Waals surface area contributed by atoms with E-state index in [0.717, 1.165) is 11.4 Å². The molecule has 0 aliphatic heterocycles. The fourth-order valence-corrected chi connectivity index (χ4v) is 1.22. The first kappa shape index (κ1) is 10.1. The van der Waals surface area contributed by atoms with Gasteiger partial charge in [-0.1, -0.05) is 0 Å². The van der Waals surface area contributed by atoms with Crippen LogP contribution in [0, 0.1) is 18.3 Å². The SMILES string of the molecule is Cc1ccc(Nc2ccc(C#N)cn2)cn1. The lowest BCUT2D eigenvalue weighted by molar-refractivity contribution is 1.19. The maximum atomic E-state index is 8.63. The lowest BCUT2D eigenvalue weighted by atomic mass is 10.3. The van der Waals surface area contributed by atoms with E-state index in [4.69, 9.17) is 5.26 Å². The van der Waals surface area contributed by atoms with E-state index in [1.165, 1.54) is 6.20 Å². The van der Waals surface area contributed by atoms with E-state index in [0.29, 0.717) is 11.4 Å². The Morgan fingerprint density at radius 2 is 2.00 bits per heavy atom. The zero-order chi connectivity index (χ0) is 11.4. The molecule has 0 bridgehead atoms. The maximum absolute atomic E-state index is 8.63. The Hall–Kier alpha value is -2.41. The normalized spacial score (nSPS) is 9.50. The van der Waals surface area contributed by atoms with Gasteiger partial charge in [-0.05, 0) is 31.2 Å². The predicted octanol–water partition coefficient (Wildman–Crippen LogP) is 2.40. The molecule has 0 saturated carbocycles. The second-order valence-electron chi connectivity index (χ2n) is 3.36. The van der Waals surface area contributed by atoms with Gasteiger partial charge in [-0.25, -0.2) is 4.98 Å². The summed E-state index contributed by atoms with van der Waals surface area (Å²) in [6.07, 6.45) is 3.28. The van der Waals surface area contributed by atoms with E-state index in [2.05, 4.69) is 15.3 Å². The van der Waals surface area contributed by atoms with Gasteiger partial charge in [0, 0.05) is 11.9 Å². The standard InChI is InChI=1S/C12H10N4/c1-9-2-4-11(8-14-9)16-12-5-3-10(6-13)7-15-12/h2-5,7-8H,1H3,(H,15,16). The fourth-order valence-electron chi connectivity index (χ4n) is 1.22. The van der Waals surface area contributed by atoms with Gasteiger partial charge in [-0.15, -0.1) is 0 Å². The van der Waals surface area contributed by atoms with E-state index < -0.39 is 0 Å². The monoisotopic (exact) mass is 210 g/mol. The highest BCUT2D eigenvalue weighted by Crippen LogP contribution is 2.13. The largest absolute Gasteiger partial charge is 0.339 e. The van der Waals surface area contributed by atoms with Crippen LogP contribution in [0.5, 0.6) is 0 Å². The molecule has 2 rings (SSSR count). The van der Waals surface area contributed by atoms with Crippen LogP contribution in [0.1, 0.15) is 11.3 Å². The molecule has 0 saturated heterocycles. The first-order chi connectivity index (χ1) is 7.78. The molecule has 0 aliphatic rings. The van der Waals surface area contributed by atoms with E-state index in [1.54, 1.807) is 18.3 Å². The highest BCUT2D eigenvalue weighted by atomic mass is 15.0. The number of hydrogen-bond acceptors (Lipinski definition) is 4. The van der Waals surface area contributed by atoms with Crippen molar-refractivity contribution in [2.45, 2.75) is 6.92 Å². The summed E-state index contributed by atoms with van der Waals surface area (Å²) in [4.78, 5) is 8.27. The van der Waals surface area contributed by atoms with Crippen LogP contribution in [0.25, 0.3) is 0 Å². The van der Waals surface area contributed by atoms with Crippen LogP contribution >= 0.6 is 0 Å². The maximum Gasteiger partial charge on any atom is 0.130 e. The molecule has 2 aromatic rings. The van der Waals surface area contributed by atoms with Crippen LogP contribution in [0.3, 0.4) is 0 Å². The molecule has 0 radical (unpaired) electrons. The van der Waals surface area contributed by atoms with Crippen LogP contribution in [-0.2, 0) is 0 Å². The first-order valence-corrected chi connectivity index (χ1v) is 4.84. The molecule has 0 aliphatic carbocycles. The third kappa shape index (κ3) is 2.34. The molecule has 1 N–H and O–H groups in total. The number of hydrogen-bond donors (Lipinski definition) is 1. The summed E-state index contributed by atoms with van der Waals surface area (Å²) in [5, 5.41) is 11.7. The van der Waals surface area contributed by atoms with Gasteiger partial charge in [0.05, 0.1) is 17.4 Å². The Morgan fingerprint density at radius 3 is 2.56 bits per heavy atom. The third-order valence-electron chi connectivity index (χ3n) is 2.08. The number of aryl methyl sites for hydroxylation is 1. The molecular weight excluding hydrogens is 200 g/mol. The average molecular weight is 210 g/mol. The Morgan fingerprint density at radius 1 is 1.12 bits per heavy atom. The molecular formula is C12H10N4. The molecule has 0 fully saturated rings. The van der Waals surface area contributed by atoms with Crippen molar-refractivity contribution in [3.8, 4) is 6.07 Å². The van der Waals surface area contributed by atoms with Crippen LogP contribution in [0.2, 0.25) is 0 Å². The fraction of sp³-hybridized carbons (Fsp3) is 0.0833. The average Bonchev–Trinajstić information content (AvgIpc) is 2.33. The summed E-state index contributed by atoms with van der Waals surface area (Å²) < 4.78 is 0. The molecule has 0 unspecified atom stereocenters. The number of nitrogens with one attached hydrogen (secondary N) is 1. The van der Waals surface area contributed by atoms with Gasteiger partial charge in [0.15, 0.2) is 0 Å². The lowest BCUT2D eigenvalue weighted by Crippen LogP contribution is -1.94. The molecule has 0 spiro atoms. The predicted molar refractivity (Wildman–Crippen MR) is 61.2 cm³/mol. The van der Waals surface area contributed by atoms with Crippen molar-refractivity contribution in [3.05, 3.63) is 47.9 Å². The van der Waals surface area contributed by atoms with Crippen molar-refractivity contribution >= 4 is 11.5 Å². The van der Waals surface area contributed by atoms with Crippen LogP contribution in [-0.4, -0.2) is 9.97 Å². The molecule has 0 aromatic carbocycles. The van der Waals surface area contributed by atoms with Crippen LogP contribution < -0.4 is 5.32 Å². The van der Waals surface area contributed by atoms with Crippen molar-refractivity contribution < 1.29 is 0 Å². The summed E-state index contributed by atoms with van der Waals surface area (Å²) >= 11 is 0. The van der Waals surface area contributed by atoms with Crippen molar-refractivity contribution in [1.29, 1.82) is 5.26 Å². The molecule has 4 nitrogen and oxygen atoms in total. The molecule has 16 heavy (non-hydrogen) atoms. The minimum atomic E-state index is 0.549. The molecule has 2 heterocycles. The molecule has 0 atom stereocenters. The second kappa shape index (κ2) is 4.41. The molecule has 0 amide bonds. The number of nitriles is 1. The number of pyridine rings is 2. The third-order valence-corrected chi connectivity index (χ3v) is 2.08. The van der Waals surface area contributed by atoms with Gasteiger partial charge in [-0.2, -0.15) is 5.26 Å². The van der Waals surface area contributed by atoms with E-state index in [1.807, 2.05) is 25.1 Å². The van der Waals surface area contributed by atoms with Crippen molar-refractivity contribution in [1.82, 2.24) is 9.97 Å². The minimum Gasteiger partial charge on any atom is -0.339 e. The zero-order valence-corrected chi connectivity index (χ0v) is 8.81. The smallest absolute Gasteiger partial charge is 0.130 e. The van der Waals surface area contributed by atoms with Gasteiger partial charge < -0.3 is 5.32 Å². The Labute approximate surface area is 93.6 Å². The zero-order valence-electron chi connectivity index (χ0n) is 8.81. The summed E-state index contributed by atoms with van der Waals surface area (Å²) in [6, 6.07) is 9.36. The van der Waals surface area contributed by atoms with Gasteiger partial charge in [-0.3, -0.25) is 4.98 Å². The molecule has 4 heteroatoms. The second-order valence-corrected chi connectivity index (χ2v) is 3.36. The van der Waals surface area contributed by atoms with E-state index >= 15 is 0 Å². The highest BCUT2D eigenvalue weighted by molar-refractivity contribution is 5.55. The lowest BCUT2D eigenvalue weighted by Gasteiger charge is -2.04. The van der Waals surface area contributed by atoms with Gasteiger partial charge in [0.1, 0.15) is 11.9 Å². The summed E-state index contributed by atoms with van der Waals surface area (Å²) in [6.45, 7) is 1.93. The van der Waals surface area contributed by atoms with E-state index in [-0.39, 0.29) is 0 Å². The van der Waals surface area contributed by atoms with Gasteiger partial charge >= 0.3 is 0 Å². The number of aromatic nitrogens is 2. The molecule has 2 aromatic heterocycles. The van der Waals surface area contributed by atoms with Crippen molar-refractivity contribution in [2.75, 3.05) is 5.32 Å². The highest BCUT2D eigenvalue weighted by Gasteiger charge is 1.96.